The highest BCUT2D eigenvalue weighted by molar-refractivity contribution is 5.80. The van der Waals surface area contributed by atoms with Crippen molar-refractivity contribution in [1.82, 2.24) is 0 Å². The highest BCUT2D eigenvalue weighted by Gasteiger charge is 2.05. The van der Waals surface area contributed by atoms with E-state index in [4.69, 9.17) is 0 Å². The second-order valence-corrected chi connectivity index (χ2v) is 4.13. The minimum Gasteiger partial charge on any atom is -0.507 e. The van der Waals surface area contributed by atoms with E-state index in [2.05, 4.69) is 31.2 Å². The first kappa shape index (κ1) is 11.4. The van der Waals surface area contributed by atoms with Crippen LogP contribution in [0.5, 0.6) is 5.75 Å². The van der Waals surface area contributed by atoms with Crippen molar-refractivity contribution in [3.63, 3.8) is 0 Å². The number of aryl methyl sites for hydroxylation is 1. The number of hydrogen-bond donors (Lipinski definition) is 1. The Morgan fingerprint density at radius 3 is 2.29 bits per heavy atom. The van der Waals surface area contributed by atoms with Gasteiger partial charge in [-0.15, -0.1) is 0 Å². The summed E-state index contributed by atoms with van der Waals surface area (Å²) < 4.78 is 1.99. The molecule has 1 N–H and O–H groups in total. The van der Waals surface area contributed by atoms with Crippen molar-refractivity contribution >= 4 is 11.9 Å². The summed E-state index contributed by atoms with van der Waals surface area (Å²) in [4.78, 5) is 0. The molecule has 0 spiro atoms. The van der Waals surface area contributed by atoms with Crippen LogP contribution in [0, 0.1) is 6.92 Å². The molecule has 2 aromatic carbocycles. The van der Waals surface area contributed by atoms with Crippen LogP contribution < -0.4 is 0 Å². The molecule has 0 saturated carbocycles. The monoisotopic (exact) mass is 226 g/mol. The highest BCUT2D eigenvalue weighted by atomic mass is 16.3. The summed E-state index contributed by atoms with van der Waals surface area (Å²) >= 11 is 0. The standard InChI is InChI=1S/C15H15NO/c1-12-7-9-14(10-8-12)16(2)11-13-5-3-4-6-15(13)17/h3-11H,1-2H3/p+1. The van der Waals surface area contributed by atoms with E-state index in [0.717, 1.165) is 11.3 Å². The summed E-state index contributed by atoms with van der Waals surface area (Å²) in [6, 6.07) is 15.6. The molecule has 0 aliphatic rings. The van der Waals surface area contributed by atoms with Gasteiger partial charge < -0.3 is 5.11 Å². The van der Waals surface area contributed by atoms with Crippen LogP contribution in [0.4, 0.5) is 5.69 Å². The average molecular weight is 226 g/mol. The van der Waals surface area contributed by atoms with Gasteiger partial charge in [-0.05, 0) is 19.1 Å². The summed E-state index contributed by atoms with van der Waals surface area (Å²) in [5.74, 6) is 0.298. The predicted octanol–water partition coefficient (Wildman–Crippen LogP) is 3.09. The Balaban J connectivity index is 2.34. The first-order chi connectivity index (χ1) is 8.16. The Kier molecular flexibility index (Phi) is 3.24. The minimum atomic E-state index is 0.298. The Bertz CT molecular complexity index is 541. The average Bonchev–Trinajstić information content (AvgIpc) is 2.33. The largest absolute Gasteiger partial charge is 0.507 e. The van der Waals surface area contributed by atoms with Gasteiger partial charge in [-0.2, -0.15) is 0 Å². The molecule has 0 unspecified atom stereocenters. The number of nitrogens with zero attached hydrogens (tertiary/aromatic N) is 1. The molecule has 0 aromatic heterocycles. The van der Waals surface area contributed by atoms with Crippen LogP contribution in [0.2, 0.25) is 0 Å². The Morgan fingerprint density at radius 2 is 1.65 bits per heavy atom. The van der Waals surface area contributed by atoms with Crippen molar-refractivity contribution in [2.24, 2.45) is 0 Å². The van der Waals surface area contributed by atoms with E-state index in [9.17, 15) is 5.11 Å². The molecular weight excluding hydrogens is 210 g/mol. The first-order valence-corrected chi connectivity index (χ1v) is 5.59. The van der Waals surface area contributed by atoms with Gasteiger partial charge in [-0.25, -0.2) is 4.58 Å². The van der Waals surface area contributed by atoms with Crippen LogP contribution in [0.1, 0.15) is 11.1 Å². The van der Waals surface area contributed by atoms with Crippen LogP contribution in [0.15, 0.2) is 48.5 Å². The Morgan fingerprint density at radius 1 is 1.00 bits per heavy atom. The van der Waals surface area contributed by atoms with E-state index in [0.29, 0.717) is 5.75 Å². The fourth-order valence-electron chi connectivity index (χ4n) is 1.66. The fourth-order valence-corrected chi connectivity index (χ4v) is 1.66. The lowest BCUT2D eigenvalue weighted by Gasteiger charge is -1.99. The third-order valence-corrected chi connectivity index (χ3v) is 2.71. The molecule has 0 fully saturated rings. The van der Waals surface area contributed by atoms with Gasteiger partial charge in [-0.3, -0.25) is 0 Å². The van der Waals surface area contributed by atoms with Crippen molar-refractivity contribution < 1.29 is 9.68 Å². The third kappa shape index (κ3) is 2.72. The molecule has 86 valence electrons. The van der Waals surface area contributed by atoms with E-state index in [1.165, 1.54) is 5.56 Å². The molecule has 0 aliphatic carbocycles. The van der Waals surface area contributed by atoms with Crippen molar-refractivity contribution in [2.45, 2.75) is 6.92 Å². The predicted molar refractivity (Wildman–Crippen MR) is 70.3 cm³/mol. The number of phenolic OH excluding ortho intramolecular Hbond substituents is 1. The summed E-state index contributed by atoms with van der Waals surface area (Å²) in [7, 11) is 1.97. The van der Waals surface area contributed by atoms with Crippen LogP contribution >= 0.6 is 0 Å². The number of phenols is 1. The van der Waals surface area contributed by atoms with E-state index in [1.54, 1.807) is 6.07 Å². The quantitative estimate of drug-likeness (QED) is 0.617. The summed E-state index contributed by atoms with van der Waals surface area (Å²) in [5, 5.41) is 9.69. The van der Waals surface area contributed by atoms with Crippen LogP contribution in [0.25, 0.3) is 0 Å². The van der Waals surface area contributed by atoms with Gasteiger partial charge >= 0.3 is 0 Å². The number of hydrogen-bond acceptors (Lipinski definition) is 1. The van der Waals surface area contributed by atoms with E-state index < -0.39 is 0 Å². The molecule has 0 aliphatic heterocycles. The number of rotatable bonds is 2. The van der Waals surface area contributed by atoms with Gasteiger partial charge in [0.05, 0.1) is 5.56 Å². The maximum absolute atomic E-state index is 9.69. The fraction of sp³-hybridized carbons (Fsp3) is 0.133. The molecule has 2 heteroatoms. The van der Waals surface area contributed by atoms with E-state index >= 15 is 0 Å². The molecule has 0 heterocycles. The van der Waals surface area contributed by atoms with Gasteiger partial charge in [-0.1, -0.05) is 29.8 Å². The molecule has 2 aromatic rings. The second-order valence-electron chi connectivity index (χ2n) is 4.13. The second kappa shape index (κ2) is 4.83. The van der Waals surface area contributed by atoms with Crippen molar-refractivity contribution in [3.05, 3.63) is 59.7 Å². The molecule has 0 saturated heterocycles. The van der Waals surface area contributed by atoms with Gasteiger partial charge in [0.1, 0.15) is 12.8 Å². The lowest BCUT2D eigenvalue weighted by molar-refractivity contribution is -0.399. The van der Waals surface area contributed by atoms with Gasteiger partial charge in [0.25, 0.3) is 0 Å². The first-order valence-electron chi connectivity index (χ1n) is 5.59. The maximum Gasteiger partial charge on any atom is 0.204 e. The maximum atomic E-state index is 9.69. The SMILES string of the molecule is Cc1ccc(/[N+](C)=C/c2ccccc2O)cc1. The lowest BCUT2D eigenvalue weighted by atomic mass is 10.2. The van der Waals surface area contributed by atoms with Crippen LogP contribution in [-0.4, -0.2) is 22.9 Å². The molecule has 17 heavy (non-hydrogen) atoms. The van der Waals surface area contributed by atoms with Crippen LogP contribution in [-0.2, 0) is 0 Å². The van der Waals surface area contributed by atoms with E-state index in [1.807, 2.05) is 36.0 Å². The topological polar surface area (TPSA) is 23.2 Å². The zero-order chi connectivity index (χ0) is 12.3. The summed E-state index contributed by atoms with van der Waals surface area (Å²) in [5.41, 5.74) is 3.15. The molecule has 0 bridgehead atoms. The van der Waals surface area contributed by atoms with Crippen LogP contribution in [0.3, 0.4) is 0 Å². The number of aromatic hydroxyl groups is 1. The number of benzene rings is 2. The van der Waals surface area contributed by atoms with Gasteiger partial charge in [0.15, 0.2) is 6.21 Å². The Hall–Kier alpha value is -2.09. The third-order valence-electron chi connectivity index (χ3n) is 2.71. The van der Waals surface area contributed by atoms with Crippen molar-refractivity contribution in [1.29, 1.82) is 0 Å². The Labute approximate surface area is 101 Å². The van der Waals surface area contributed by atoms with E-state index in [-0.39, 0.29) is 0 Å². The molecule has 0 atom stereocenters. The molecule has 0 radical (unpaired) electrons. The van der Waals surface area contributed by atoms with Gasteiger partial charge in [0, 0.05) is 12.1 Å². The zero-order valence-corrected chi connectivity index (χ0v) is 10.1. The summed E-state index contributed by atoms with van der Waals surface area (Å²) in [6.07, 6.45) is 1.92. The lowest BCUT2D eigenvalue weighted by Crippen LogP contribution is -2.01. The molecule has 2 rings (SSSR count). The highest BCUT2D eigenvalue weighted by Crippen LogP contribution is 2.15. The number of para-hydroxylation sites is 1. The molecule has 2 nitrogen and oxygen atoms in total. The van der Waals surface area contributed by atoms with Crippen molar-refractivity contribution in [3.8, 4) is 5.75 Å². The molecular formula is C15H16NO+. The minimum absolute atomic E-state index is 0.298. The normalized spacial score (nSPS) is 11.5. The van der Waals surface area contributed by atoms with Crippen molar-refractivity contribution in [2.75, 3.05) is 7.05 Å². The smallest absolute Gasteiger partial charge is 0.204 e. The molecule has 0 amide bonds. The zero-order valence-electron chi connectivity index (χ0n) is 10.1. The van der Waals surface area contributed by atoms with Gasteiger partial charge in [0.2, 0.25) is 5.69 Å². The summed E-state index contributed by atoms with van der Waals surface area (Å²) in [6.45, 7) is 2.07.